The van der Waals surface area contributed by atoms with Gasteiger partial charge in [-0.25, -0.2) is 0 Å². The molecule has 0 aromatic carbocycles. The number of rotatable bonds is 3. The summed E-state index contributed by atoms with van der Waals surface area (Å²) in [6.07, 6.45) is 14.7. The molecule has 1 aliphatic heterocycles. The summed E-state index contributed by atoms with van der Waals surface area (Å²) in [5.41, 5.74) is 8.26. The van der Waals surface area contributed by atoms with Crippen LogP contribution < -0.4 is 15.2 Å². The Hall–Kier alpha value is -2.31. The van der Waals surface area contributed by atoms with Gasteiger partial charge in [0.1, 0.15) is 0 Å². The van der Waals surface area contributed by atoms with Crippen LogP contribution in [0.15, 0.2) is 23.9 Å². The molecular formula is C20H26BN4O2. The summed E-state index contributed by atoms with van der Waals surface area (Å²) in [5, 5.41) is 0. The van der Waals surface area contributed by atoms with Gasteiger partial charge in [-0.3, -0.25) is 0 Å². The molecule has 1 radical (unpaired) electrons. The van der Waals surface area contributed by atoms with Crippen molar-refractivity contribution in [2.24, 2.45) is 11.8 Å². The second-order valence-corrected chi connectivity index (χ2v) is 7.45. The summed E-state index contributed by atoms with van der Waals surface area (Å²) in [7, 11) is 7.98. The van der Waals surface area contributed by atoms with Gasteiger partial charge >= 0.3 is 161 Å². The van der Waals surface area contributed by atoms with Gasteiger partial charge in [-0.15, -0.1) is 0 Å². The Morgan fingerprint density at radius 3 is 2.78 bits per heavy atom. The van der Waals surface area contributed by atoms with Crippen molar-refractivity contribution in [3.63, 3.8) is 0 Å². The zero-order chi connectivity index (χ0) is 18.8. The normalized spacial score (nSPS) is 23.3. The Morgan fingerprint density at radius 1 is 1.26 bits per heavy atom. The molecule has 3 aliphatic rings. The molecule has 4 rings (SSSR count). The standard InChI is InChI=1S/C20H26BN4O2/c1-26-20-23-18(22)16-17(21)25(11-12-27-19(16)24-20)15-9-7-14(8-10-15)13-5-3-2-4-6-13/h7,9-10,13-14H,2-6,8,11-12H2,1H3,(H2,22,23,24). The monoisotopic (exact) mass is 365 g/mol. The van der Waals surface area contributed by atoms with E-state index in [-0.39, 0.29) is 11.8 Å². The minimum atomic E-state index is 0.180. The van der Waals surface area contributed by atoms with E-state index < -0.39 is 0 Å². The number of methoxy groups -OCH3 is 1. The molecular weight excluding hydrogens is 339 g/mol. The number of nitrogen functional groups attached to an aromatic ring is 1. The van der Waals surface area contributed by atoms with E-state index >= 15 is 0 Å². The van der Waals surface area contributed by atoms with Gasteiger partial charge in [0.25, 0.3) is 0 Å². The molecule has 0 amide bonds. The molecule has 0 bridgehead atoms. The van der Waals surface area contributed by atoms with Crippen molar-refractivity contribution < 1.29 is 9.47 Å². The van der Waals surface area contributed by atoms with E-state index in [2.05, 4.69) is 28.2 Å². The van der Waals surface area contributed by atoms with Crippen LogP contribution in [0.3, 0.4) is 0 Å². The van der Waals surface area contributed by atoms with Gasteiger partial charge in [-0.1, -0.05) is 0 Å². The van der Waals surface area contributed by atoms with Crippen LogP contribution in [0, 0.1) is 11.8 Å². The first-order chi connectivity index (χ1) is 13.2. The first-order valence-corrected chi connectivity index (χ1v) is 9.80. The van der Waals surface area contributed by atoms with Crippen molar-refractivity contribution >= 4 is 18.9 Å². The number of aromatic nitrogens is 2. The maximum atomic E-state index is 6.48. The molecule has 2 aliphatic carbocycles. The molecule has 0 spiro atoms. The van der Waals surface area contributed by atoms with Crippen molar-refractivity contribution in [3.05, 3.63) is 29.5 Å². The van der Waals surface area contributed by atoms with E-state index in [1.165, 1.54) is 39.2 Å². The van der Waals surface area contributed by atoms with Crippen molar-refractivity contribution in [3.8, 4) is 11.9 Å². The van der Waals surface area contributed by atoms with Gasteiger partial charge in [0.15, 0.2) is 0 Å². The second-order valence-electron chi connectivity index (χ2n) is 7.45. The number of hydrogen-bond donors (Lipinski definition) is 1. The van der Waals surface area contributed by atoms with Crippen LogP contribution in [0.5, 0.6) is 11.9 Å². The number of anilines is 1. The van der Waals surface area contributed by atoms with E-state index in [1.54, 1.807) is 0 Å². The first-order valence-electron chi connectivity index (χ1n) is 9.80. The van der Waals surface area contributed by atoms with Gasteiger partial charge in [0, 0.05) is 0 Å². The molecule has 6 nitrogen and oxygen atoms in total. The third-order valence-corrected chi connectivity index (χ3v) is 5.85. The predicted molar refractivity (Wildman–Crippen MR) is 107 cm³/mol. The molecule has 1 unspecified atom stereocenters. The Labute approximate surface area is 161 Å². The van der Waals surface area contributed by atoms with E-state index in [1.807, 2.05) is 4.90 Å². The number of fused-ring (bicyclic) bond motifs is 1. The molecule has 2 N–H and O–H groups in total. The SMILES string of the molecule is [B]=C1c2c(N)nc(OC)nc2OCCN1C1=CCC(C2CCCCC2)C=C1. The van der Waals surface area contributed by atoms with E-state index in [4.69, 9.17) is 22.7 Å². The number of allylic oxidation sites excluding steroid dienone is 3. The van der Waals surface area contributed by atoms with Crippen molar-refractivity contribution in [2.75, 3.05) is 26.0 Å². The summed E-state index contributed by atoms with van der Waals surface area (Å²) in [6, 6.07) is 0.180. The number of hydrogen-bond acceptors (Lipinski definition) is 6. The van der Waals surface area contributed by atoms with Crippen LogP contribution in [0.4, 0.5) is 5.82 Å². The molecule has 1 fully saturated rings. The van der Waals surface area contributed by atoms with Crippen molar-refractivity contribution in [2.45, 2.75) is 38.5 Å². The van der Waals surface area contributed by atoms with Crippen LogP contribution in [0.2, 0.25) is 0 Å². The minimum absolute atomic E-state index is 0.180. The predicted octanol–water partition coefficient (Wildman–Crippen LogP) is 2.45. The first kappa shape index (κ1) is 18.1. The average molecular weight is 365 g/mol. The zero-order valence-corrected chi connectivity index (χ0v) is 15.9. The van der Waals surface area contributed by atoms with Crippen molar-refractivity contribution in [1.82, 2.24) is 14.9 Å². The maximum absolute atomic E-state index is 6.48. The Kier molecular flexibility index (Phi) is 5.19. The third kappa shape index (κ3) is 3.60. The topological polar surface area (TPSA) is 73.5 Å². The Bertz CT molecular complexity index is 786. The van der Waals surface area contributed by atoms with Gasteiger partial charge in [-0.05, 0) is 0 Å². The molecule has 7 heteroatoms. The van der Waals surface area contributed by atoms with Crippen molar-refractivity contribution in [1.29, 1.82) is 0 Å². The fraction of sp³-hybridized carbons (Fsp3) is 0.550. The summed E-state index contributed by atoms with van der Waals surface area (Å²) in [6.45, 7) is 1.10. The molecule has 0 saturated heterocycles. The molecule has 141 valence electrons. The van der Waals surface area contributed by atoms with Gasteiger partial charge in [0.2, 0.25) is 0 Å². The number of nitrogens with two attached hydrogens (primary N) is 1. The quantitative estimate of drug-likeness (QED) is 0.830. The van der Waals surface area contributed by atoms with Crippen LogP contribution in [-0.2, 0) is 0 Å². The Morgan fingerprint density at radius 2 is 2.07 bits per heavy atom. The molecule has 2 heterocycles. The number of ether oxygens (including phenoxy) is 2. The van der Waals surface area contributed by atoms with E-state index in [9.17, 15) is 0 Å². The average Bonchev–Trinajstić information content (AvgIpc) is 2.87. The fourth-order valence-corrected chi connectivity index (χ4v) is 4.37. The van der Waals surface area contributed by atoms with Gasteiger partial charge in [-0.2, -0.15) is 0 Å². The molecule has 1 aromatic heterocycles. The van der Waals surface area contributed by atoms with E-state index in [0.29, 0.717) is 36.1 Å². The van der Waals surface area contributed by atoms with Gasteiger partial charge < -0.3 is 0 Å². The fourth-order valence-electron chi connectivity index (χ4n) is 4.37. The summed E-state index contributed by atoms with van der Waals surface area (Å²) >= 11 is 0. The van der Waals surface area contributed by atoms with E-state index in [0.717, 1.165) is 18.0 Å². The molecule has 1 atom stereocenters. The molecule has 1 saturated carbocycles. The van der Waals surface area contributed by atoms with Gasteiger partial charge in [0.05, 0.1) is 0 Å². The third-order valence-electron chi connectivity index (χ3n) is 5.85. The summed E-state index contributed by atoms with van der Waals surface area (Å²) in [5.74, 6) is 2.10. The van der Waals surface area contributed by atoms with Crippen LogP contribution in [-0.4, -0.2) is 48.2 Å². The molecule has 1 aromatic rings. The second kappa shape index (κ2) is 7.75. The zero-order valence-electron chi connectivity index (χ0n) is 15.9. The summed E-state index contributed by atoms with van der Waals surface area (Å²) in [4.78, 5) is 10.5. The molecule has 27 heavy (non-hydrogen) atoms. The summed E-state index contributed by atoms with van der Waals surface area (Å²) < 4.78 is 10.9. The Balaban J connectivity index is 1.54. The van der Waals surface area contributed by atoms with Crippen LogP contribution in [0.1, 0.15) is 44.1 Å². The van der Waals surface area contributed by atoms with Crippen LogP contribution >= 0.6 is 0 Å². The van der Waals surface area contributed by atoms with Crippen LogP contribution in [0.25, 0.3) is 0 Å². The number of nitrogens with zero attached hydrogens (tertiary/aromatic N) is 3.